The van der Waals surface area contributed by atoms with E-state index in [0.717, 1.165) is 12.8 Å². The molecule has 2 aliphatic rings. The number of ether oxygens (including phenoxy) is 4. The Balaban J connectivity index is 1.34. The third-order valence-electron chi connectivity index (χ3n) is 4.81. The topological polar surface area (TPSA) is 87.2 Å². The SMILES string of the molecule is CCOC(=O)C1CCCN(C(=O)c2csc(COc3ccc4c(c3)OCO4)n2)C1. The Labute approximate surface area is 172 Å². The van der Waals surface area contributed by atoms with Gasteiger partial charge in [0.15, 0.2) is 11.5 Å². The lowest BCUT2D eigenvalue weighted by Gasteiger charge is -2.31. The Morgan fingerprint density at radius 1 is 1.31 bits per heavy atom. The first-order valence-electron chi connectivity index (χ1n) is 9.57. The van der Waals surface area contributed by atoms with Crippen LogP contribution in [0, 0.1) is 5.92 Å². The van der Waals surface area contributed by atoms with Crippen molar-refractivity contribution in [1.82, 2.24) is 9.88 Å². The van der Waals surface area contributed by atoms with Crippen LogP contribution in [0.4, 0.5) is 0 Å². The molecule has 154 valence electrons. The number of carbonyl (C=O) groups is 2. The Bertz CT molecular complexity index is 899. The summed E-state index contributed by atoms with van der Waals surface area (Å²) in [5.41, 5.74) is 0.379. The van der Waals surface area contributed by atoms with Gasteiger partial charge in [-0.25, -0.2) is 4.98 Å². The summed E-state index contributed by atoms with van der Waals surface area (Å²) >= 11 is 1.37. The summed E-state index contributed by atoms with van der Waals surface area (Å²) in [6, 6.07) is 5.37. The fraction of sp³-hybridized carbons (Fsp3) is 0.450. The standard InChI is InChI=1S/C20H22N2O6S/c1-2-25-20(24)13-4-3-7-22(9-13)19(23)15-11-29-18(21-15)10-26-14-5-6-16-17(8-14)28-12-27-16/h5-6,8,11,13H,2-4,7,9-10,12H2,1H3. The molecule has 0 N–H and O–H groups in total. The maximum absolute atomic E-state index is 12.8. The molecule has 29 heavy (non-hydrogen) atoms. The quantitative estimate of drug-likeness (QED) is 0.667. The predicted molar refractivity (Wildman–Crippen MR) is 104 cm³/mol. The van der Waals surface area contributed by atoms with Crippen LogP contribution in [0.5, 0.6) is 17.2 Å². The van der Waals surface area contributed by atoms with Crippen LogP contribution in [0.1, 0.15) is 35.3 Å². The van der Waals surface area contributed by atoms with Gasteiger partial charge in [0.1, 0.15) is 23.1 Å². The predicted octanol–water partition coefficient (Wildman–Crippen LogP) is 2.87. The van der Waals surface area contributed by atoms with E-state index < -0.39 is 0 Å². The Kier molecular flexibility index (Phi) is 5.84. The Hall–Kier alpha value is -2.81. The van der Waals surface area contributed by atoms with Crippen LogP contribution in [0.25, 0.3) is 0 Å². The monoisotopic (exact) mass is 418 g/mol. The van der Waals surface area contributed by atoms with Gasteiger partial charge in [-0.05, 0) is 31.9 Å². The number of rotatable bonds is 6. The molecule has 0 aliphatic carbocycles. The number of fused-ring (bicyclic) bond motifs is 1. The fourth-order valence-corrected chi connectivity index (χ4v) is 4.04. The van der Waals surface area contributed by atoms with Crippen molar-refractivity contribution in [3.05, 3.63) is 34.3 Å². The maximum Gasteiger partial charge on any atom is 0.310 e. The number of hydrogen-bond acceptors (Lipinski definition) is 8. The lowest BCUT2D eigenvalue weighted by Crippen LogP contribution is -2.43. The van der Waals surface area contributed by atoms with E-state index in [1.54, 1.807) is 35.4 Å². The molecule has 1 atom stereocenters. The van der Waals surface area contributed by atoms with E-state index in [9.17, 15) is 9.59 Å². The molecule has 2 aromatic rings. The molecule has 0 radical (unpaired) electrons. The zero-order valence-corrected chi connectivity index (χ0v) is 16.9. The molecular formula is C20H22N2O6S. The lowest BCUT2D eigenvalue weighted by molar-refractivity contribution is -0.149. The third-order valence-corrected chi connectivity index (χ3v) is 5.63. The number of aromatic nitrogens is 1. The average Bonchev–Trinajstić information content (AvgIpc) is 3.41. The van der Waals surface area contributed by atoms with Crippen LogP contribution in [-0.4, -0.2) is 48.2 Å². The number of carbonyl (C=O) groups excluding carboxylic acids is 2. The Morgan fingerprint density at radius 2 is 2.17 bits per heavy atom. The zero-order valence-electron chi connectivity index (χ0n) is 16.1. The molecule has 8 nitrogen and oxygen atoms in total. The van der Waals surface area contributed by atoms with Crippen LogP contribution in [-0.2, 0) is 16.1 Å². The van der Waals surface area contributed by atoms with E-state index in [-0.39, 0.29) is 31.2 Å². The van der Waals surface area contributed by atoms with Crippen molar-refractivity contribution in [3.63, 3.8) is 0 Å². The van der Waals surface area contributed by atoms with Gasteiger partial charge in [0.25, 0.3) is 5.91 Å². The highest BCUT2D eigenvalue weighted by molar-refractivity contribution is 7.09. The Morgan fingerprint density at radius 3 is 3.03 bits per heavy atom. The van der Waals surface area contributed by atoms with Crippen molar-refractivity contribution in [3.8, 4) is 17.2 Å². The number of hydrogen-bond donors (Lipinski definition) is 0. The normalized spacial score (nSPS) is 17.8. The van der Waals surface area contributed by atoms with E-state index in [1.165, 1.54) is 11.3 Å². The van der Waals surface area contributed by atoms with Crippen molar-refractivity contribution in [1.29, 1.82) is 0 Å². The lowest BCUT2D eigenvalue weighted by atomic mass is 9.98. The molecule has 9 heteroatoms. The smallest absolute Gasteiger partial charge is 0.310 e. The second-order valence-corrected chi connectivity index (χ2v) is 7.72. The molecule has 1 fully saturated rings. The van der Waals surface area contributed by atoms with Crippen LogP contribution in [0.2, 0.25) is 0 Å². The summed E-state index contributed by atoms with van der Waals surface area (Å²) in [7, 11) is 0. The number of benzene rings is 1. The van der Waals surface area contributed by atoms with E-state index in [2.05, 4.69) is 4.98 Å². The van der Waals surface area contributed by atoms with Crippen molar-refractivity contribution in [2.24, 2.45) is 5.92 Å². The van der Waals surface area contributed by atoms with Crippen molar-refractivity contribution < 1.29 is 28.5 Å². The summed E-state index contributed by atoms with van der Waals surface area (Å²) in [5, 5.41) is 2.43. The number of nitrogens with zero attached hydrogens (tertiary/aromatic N) is 2. The largest absolute Gasteiger partial charge is 0.486 e. The molecule has 0 bridgehead atoms. The van der Waals surface area contributed by atoms with Gasteiger partial charge >= 0.3 is 5.97 Å². The second-order valence-electron chi connectivity index (χ2n) is 6.77. The third kappa shape index (κ3) is 4.45. The zero-order chi connectivity index (χ0) is 20.2. The van der Waals surface area contributed by atoms with Crippen molar-refractivity contribution >= 4 is 23.2 Å². The van der Waals surface area contributed by atoms with Crippen LogP contribution >= 0.6 is 11.3 Å². The first-order valence-corrected chi connectivity index (χ1v) is 10.4. The van der Waals surface area contributed by atoms with Gasteiger partial charge in [-0.3, -0.25) is 9.59 Å². The molecule has 0 saturated carbocycles. The molecule has 4 rings (SSSR count). The minimum Gasteiger partial charge on any atom is -0.486 e. The van der Waals surface area contributed by atoms with E-state index in [0.29, 0.717) is 47.6 Å². The van der Waals surface area contributed by atoms with Crippen LogP contribution in [0.15, 0.2) is 23.6 Å². The molecule has 1 aromatic heterocycles. The molecule has 2 aliphatic heterocycles. The van der Waals surface area contributed by atoms with E-state index in [4.69, 9.17) is 18.9 Å². The van der Waals surface area contributed by atoms with Gasteiger partial charge in [0, 0.05) is 24.5 Å². The molecule has 3 heterocycles. The first kappa shape index (κ1) is 19.5. The van der Waals surface area contributed by atoms with E-state index >= 15 is 0 Å². The van der Waals surface area contributed by atoms with Crippen LogP contribution in [0.3, 0.4) is 0 Å². The summed E-state index contributed by atoms with van der Waals surface area (Å²) in [6.45, 7) is 3.59. The number of thiazole rings is 1. The van der Waals surface area contributed by atoms with Gasteiger partial charge in [-0.2, -0.15) is 0 Å². The average molecular weight is 418 g/mol. The highest BCUT2D eigenvalue weighted by Crippen LogP contribution is 2.35. The summed E-state index contributed by atoms with van der Waals surface area (Å²) in [6.07, 6.45) is 1.52. The molecule has 1 unspecified atom stereocenters. The number of likely N-dealkylation sites (tertiary alicyclic amines) is 1. The highest BCUT2D eigenvalue weighted by atomic mass is 32.1. The molecule has 0 spiro atoms. The summed E-state index contributed by atoms with van der Waals surface area (Å²) in [5.74, 6) is 1.33. The molecular weight excluding hydrogens is 396 g/mol. The number of piperidine rings is 1. The second kappa shape index (κ2) is 8.69. The minimum atomic E-state index is -0.264. The van der Waals surface area contributed by atoms with Gasteiger partial charge in [-0.1, -0.05) is 0 Å². The first-order chi connectivity index (χ1) is 14.1. The maximum atomic E-state index is 12.8. The molecule has 1 saturated heterocycles. The van der Waals surface area contributed by atoms with Gasteiger partial charge < -0.3 is 23.8 Å². The van der Waals surface area contributed by atoms with Gasteiger partial charge in [0.05, 0.1) is 12.5 Å². The minimum absolute atomic E-state index is 0.162. The summed E-state index contributed by atoms with van der Waals surface area (Å²) in [4.78, 5) is 30.9. The van der Waals surface area contributed by atoms with Crippen LogP contribution < -0.4 is 14.2 Å². The highest BCUT2D eigenvalue weighted by Gasteiger charge is 2.30. The van der Waals surface area contributed by atoms with Gasteiger partial charge in [-0.15, -0.1) is 11.3 Å². The van der Waals surface area contributed by atoms with E-state index in [1.807, 2.05) is 0 Å². The number of amides is 1. The summed E-state index contributed by atoms with van der Waals surface area (Å²) < 4.78 is 21.5. The van der Waals surface area contributed by atoms with Crippen molar-refractivity contribution in [2.45, 2.75) is 26.4 Å². The van der Waals surface area contributed by atoms with Crippen molar-refractivity contribution in [2.75, 3.05) is 26.5 Å². The number of esters is 1. The molecule has 1 aromatic carbocycles. The fourth-order valence-electron chi connectivity index (χ4n) is 3.36. The molecule has 1 amide bonds. The van der Waals surface area contributed by atoms with Gasteiger partial charge in [0.2, 0.25) is 6.79 Å².